The molecule has 5 heteroatoms. The lowest BCUT2D eigenvalue weighted by molar-refractivity contribution is 0.385. The normalized spacial score (nSPS) is 28.6. The molecule has 1 unspecified atom stereocenters. The minimum atomic E-state index is 0.239. The van der Waals surface area contributed by atoms with E-state index in [1.807, 2.05) is 0 Å². The van der Waals surface area contributed by atoms with Gasteiger partial charge in [-0.2, -0.15) is 0 Å². The van der Waals surface area contributed by atoms with Crippen LogP contribution in [0.2, 0.25) is 0 Å². The van der Waals surface area contributed by atoms with E-state index in [0.717, 1.165) is 37.1 Å². The fourth-order valence-electron chi connectivity index (χ4n) is 3.75. The molecule has 5 nitrogen and oxygen atoms in total. The van der Waals surface area contributed by atoms with E-state index in [1.54, 1.807) is 12.4 Å². The molecule has 0 amide bonds. The highest BCUT2D eigenvalue weighted by Crippen LogP contribution is 2.34. The van der Waals surface area contributed by atoms with Crippen molar-refractivity contribution >= 4 is 16.7 Å². The Morgan fingerprint density at radius 3 is 2.64 bits per heavy atom. The second-order valence-corrected chi connectivity index (χ2v) is 6.73. The zero-order chi connectivity index (χ0) is 15.1. The van der Waals surface area contributed by atoms with E-state index in [4.69, 9.17) is 5.73 Å². The van der Waals surface area contributed by atoms with Gasteiger partial charge in [-0.3, -0.25) is 9.97 Å². The van der Waals surface area contributed by atoms with Gasteiger partial charge in [0, 0.05) is 37.6 Å². The van der Waals surface area contributed by atoms with E-state index < -0.39 is 0 Å². The van der Waals surface area contributed by atoms with Gasteiger partial charge < -0.3 is 16.0 Å². The maximum atomic E-state index is 6.22. The highest BCUT2D eigenvalue weighted by molar-refractivity contribution is 5.90. The third-order valence-corrected chi connectivity index (χ3v) is 4.87. The number of nitrogens with zero attached hydrogens (tertiary/aromatic N) is 3. The van der Waals surface area contributed by atoms with Crippen molar-refractivity contribution in [1.29, 1.82) is 0 Å². The fourth-order valence-corrected chi connectivity index (χ4v) is 3.75. The van der Waals surface area contributed by atoms with Crippen LogP contribution in [0.25, 0.3) is 11.0 Å². The standard InChI is InChI=1S/C17H23N5/c1-11-8-12(18)10-22(9-11)15-3-2-13(14-4-5-19-14)16-17(15)21-7-6-20-16/h2-3,6-7,11-12,14,19H,4-5,8-10,18H2,1H3/t11-,12+,14?/m0/s1. The van der Waals surface area contributed by atoms with E-state index in [-0.39, 0.29) is 6.04 Å². The van der Waals surface area contributed by atoms with Crippen LogP contribution in [-0.4, -0.2) is 35.6 Å². The maximum Gasteiger partial charge on any atom is 0.112 e. The molecule has 2 saturated heterocycles. The van der Waals surface area contributed by atoms with Crippen molar-refractivity contribution < 1.29 is 0 Å². The highest BCUT2D eigenvalue weighted by atomic mass is 15.2. The molecule has 4 rings (SSSR count). The smallest absolute Gasteiger partial charge is 0.112 e. The molecule has 1 aromatic heterocycles. The molecule has 116 valence electrons. The molecule has 2 fully saturated rings. The van der Waals surface area contributed by atoms with Crippen molar-refractivity contribution in [1.82, 2.24) is 15.3 Å². The van der Waals surface area contributed by atoms with Crippen LogP contribution in [0, 0.1) is 5.92 Å². The summed E-state index contributed by atoms with van der Waals surface area (Å²) < 4.78 is 0. The zero-order valence-electron chi connectivity index (χ0n) is 13.0. The summed E-state index contributed by atoms with van der Waals surface area (Å²) in [6, 6.07) is 5.09. The molecule has 0 spiro atoms. The lowest BCUT2D eigenvalue weighted by atomic mass is 9.93. The number of anilines is 1. The van der Waals surface area contributed by atoms with Crippen LogP contribution >= 0.6 is 0 Å². The summed E-state index contributed by atoms with van der Waals surface area (Å²) in [7, 11) is 0. The lowest BCUT2D eigenvalue weighted by Gasteiger charge is -2.37. The molecule has 1 aromatic carbocycles. The molecule has 2 aliphatic rings. The van der Waals surface area contributed by atoms with E-state index in [9.17, 15) is 0 Å². The number of hydrogen-bond donors (Lipinski definition) is 2. The summed E-state index contributed by atoms with van der Waals surface area (Å²) in [6.07, 6.45) is 5.86. The Morgan fingerprint density at radius 1 is 1.18 bits per heavy atom. The van der Waals surface area contributed by atoms with Gasteiger partial charge in [-0.25, -0.2) is 0 Å². The number of aromatic nitrogens is 2. The van der Waals surface area contributed by atoms with E-state index in [1.165, 1.54) is 17.7 Å². The topological polar surface area (TPSA) is 67.1 Å². The summed E-state index contributed by atoms with van der Waals surface area (Å²) in [6.45, 7) is 5.30. The predicted octanol–water partition coefficient (Wildman–Crippen LogP) is 1.84. The van der Waals surface area contributed by atoms with Crippen LogP contribution in [0.1, 0.15) is 31.4 Å². The Labute approximate surface area is 130 Å². The van der Waals surface area contributed by atoms with Gasteiger partial charge in [0.05, 0.1) is 11.2 Å². The van der Waals surface area contributed by atoms with Gasteiger partial charge in [0.15, 0.2) is 0 Å². The van der Waals surface area contributed by atoms with Crippen molar-refractivity contribution in [2.45, 2.75) is 31.8 Å². The second kappa shape index (κ2) is 5.48. The average molecular weight is 297 g/mol. The summed E-state index contributed by atoms with van der Waals surface area (Å²) in [4.78, 5) is 11.6. The SMILES string of the molecule is C[C@H]1C[C@@H](N)CN(c2ccc(C3CCN3)c3nccnc23)C1. The number of benzene rings is 1. The number of hydrogen-bond acceptors (Lipinski definition) is 5. The minimum absolute atomic E-state index is 0.239. The fraction of sp³-hybridized carbons (Fsp3) is 0.529. The van der Waals surface area contributed by atoms with Crippen molar-refractivity contribution in [3.05, 3.63) is 30.1 Å². The largest absolute Gasteiger partial charge is 0.368 e. The van der Waals surface area contributed by atoms with E-state index >= 15 is 0 Å². The van der Waals surface area contributed by atoms with Gasteiger partial charge in [0.25, 0.3) is 0 Å². The number of rotatable bonds is 2. The molecule has 0 radical (unpaired) electrons. The van der Waals surface area contributed by atoms with Gasteiger partial charge in [-0.1, -0.05) is 13.0 Å². The molecule has 0 saturated carbocycles. The first-order valence-corrected chi connectivity index (χ1v) is 8.20. The summed E-state index contributed by atoms with van der Waals surface area (Å²) in [5.41, 5.74) is 10.7. The third kappa shape index (κ3) is 2.34. The van der Waals surface area contributed by atoms with Crippen molar-refractivity contribution in [3.8, 4) is 0 Å². The molecule has 2 aromatic rings. The first-order chi connectivity index (χ1) is 10.7. The number of fused-ring (bicyclic) bond motifs is 1. The Balaban J connectivity index is 1.78. The first-order valence-electron chi connectivity index (χ1n) is 8.20. The van der Waals surface area contributed by atoms with E-state index in [2.05, 4.69) is 39.2 Å². The average Bonchev–Trinajstić information content (AvgIpc) is 2.44. The van der Waals surface area contributed by atoms with Gasteiger partial charge in [0.1, 0.15) is 5.52 Å². The zero-order valence-corrected chi connectivity index (χ0v) is 13.0. The van der Waals surface area contributed by atoms with E-state index in [0.29, 0.717) is 12.0 Å². The third-order valence-electron chi connectivity index (χ3n) is 4.87. The van der Waals surface area contributed by atoms with Crippen LogP contribution in [0.4, 0.5) is 5.69 Å². The number of piperidine rings is 1. The molecule has 22 heavy (non-hydrogen) atoms. The predicted molar refractivity (Wildman–Crippen MR) is 88.9 cm³/mol. The maximum absolute atomic E-state index is 6.22. The molecule has 3 N–H and O–H groups in total. The number of nitrogens with one attached hydrogen (secondary N) is 1. The minimum Gasteiger partial charge on any atom is -0.368 e. The first kappa shape index (κ1) is 13.9. The van der Waals surface area contributed by atoms with Gasteiger partial charge in [-0.15, -0.1) is 0 Å². The van der Waals surface area contributed by atoms with Crippen LogP contribution in [0.3, 0.4) is 0 Å². The van der Waals surface area contributed by atoms with Crippen LogP contribution in [0.15, 0.2) is 24.5 Å². The molecular formula is C17H23N5. The number of nitrogens with two attached hydrogens (primary N) is 1. The van der Waals surface area contributed by atoms with Crippen molar-refractivity contribution in [2.24, 2.45) is 11.7 Å². The van der Waals surface area contributed by atoms with Gasteiger partial charge >= 0.3 is 0 Å². The summed E-state index contributed by atoms with van der Waals surface area (Å²) in [5, 5.41) is 3.47. The molecular weight excluding hydrogens is 274 g/mol. The quantitative estimate of drug-likeness (QED) is 0.885. The van der Waals surface area contributed by atoms with Crippen LogP contribution in [0.5, 0.6) is 0 Å². The molecule has 3 heterocycles. The van der Waals surface area contributed by atoms with Gasteiger partial charge in [0.2, 0.25) is 0 Å². The molecule has 0 aliphatic carbocycles. The Bertz CT molecular complexity index is 672. The monoisotopic (exact) mass is 297 g/mol. The molecule has 3 atom stereocenters. The molecule has 2 aliphatic heterocycles. The summed E-state index contributed by atoms with van der Waals surface area (Å²) in [5.74, 6) is 0.614. The summed E-state index contributed by atoms with van der Waals surface area (Å²) >= 11 is 0. The van der Waals surface area contributed by atoms with Crippen LogP contribution in [-0.2, 0) is 0 Å². The Kier molecular flexibility index (Phi) is 3.47. The van der Waals surface area contributed by atoms with Crippen molar-refractivity contribution in [2.75, 3.05) is 24.5 Å². The Morgan fingerprint density at radius 2 is 1.95 bits per heavy atom. The Hall–Kier alpha value is -1.72. The van der Waals surface area contributed by atoms with Crippen LogP contribution < -0.4 is 16.0 Å². The van der Waals surface area contributed by atoms with Crippen molar-refractivity contribution in [3.63, 3.8) is 0 Å². The van der Waals surface area contributed by atoms with Gasteiger partial charge in [-0.05, 0) is 36.9 Å². The molecule has 0 bridgehead atoms. The highest BCUT2D eigenvalue weighted by Gasteiger charge is 2.26. The lowest BCUT2D eigenvalue weighted by Crippen LogP contribution is -2.46. The second-order valence-electron chi connectivity index (χ2n) is 6.73.